The van der Waals surface area contributed by atoms with Gasteiger partial charge in [-0.2, -0.15) is 0 Å². The Morgan fingerprint density at radius 2 is 1.85 bits per heavy atom. The molecule has 1 fully saturated rings. The predicted molar refractivity (Wildman–Crippen MR) is 179 cm³/mol. The molecule has 0 aliphatic carbocycles. The molecule has 3 N–H and O–H groups in total. The number of nitrogens with zero attached hydrogens (tertiary/aromatic N) is 3. The van der Waals surface area contributed by atoms with Crippen LogP contribution in [-0.2, 0) is 14.3 Å². The lowest BCUT2D eigenvalue weighted by molar-refractivity contribution is -0.130. The van der Waals surface area contributed by atoms with Crippen LogP contribution in [0.1, 0.15) is 95.7 Å². The van der Waals surface area contributed by atoms with E-state index in [2.05, 4.69) is 37.7 Å². The van der Waals surface area contributed by atoms with Gasteiger partial charge in [0.15, 0.2) is 5.58 Å². The first-order valence-corrected chi connectivity index (χ1v) is 15.9. The van der Waals surface area contributed by atoms with Crippen LogP contribution < -0.4 is 16.0 Å². The second-order valence-electron chi connectivity index (χ2n) is 12.6. The maximum atomic E-state index is 12.7. The fourth-order valence-electron chi connectivity index (χ4n) is 5.15. The van der Waals surface area contributed by atoms with Crippen molar-refractivity contribution in [3.63, 3.8) is 0 Å². The topological polar surface area (TPSA) is 156 Å². The van der Waals surface area contributed by atoms with Crippen LogP contribution in [0.2, 0.25) is 0 Å². The Hall–Kier alpha value is -4.48. The predicted octanol–water partition coefficient (Wildman–Crippen LogP) is 6.96. The number of furan rings is 1. The highest BCUT2D eigenvalue weighted by atomic mass is 16.6. The van der Waals surface area contributed by atoms with Gasteiger partial charge in [-0.3, -0.25) is 14.9 Å². The molecular formula is C34H48N6O6. The van der Waals surface area contributed by atoms with Crippen molar-refractivity contribution in [1.82, 2.24) is 14.9 Å². The van der Waals surface area contributed by atoms with E-state index in [9.17, 15) is 19.2 Å². The van der Waals surface area contributed by atoms with E-state index in [0.29, 0.717) is 34.6 Å². The molecule has 4 rings (SSSR count). The molecule has 1 unspecified atom stereocenters. The first kappa shape index (κ1) is 36.0. The minimum absolute atomic E-state index is 0.0618. The average molecular weight is 637 g/mol. The van der Waals surface area contributed by atoms with Crippen LogP contribution >= 0.6 is 0 Å². The van der Waals surface area contributed by atoms with E-state index in [1.54, 1.807) is 52.2 Å². The van der Waals surface area contributed by atoms with Gasteiger partial charge in [-0.05, 0) is 77.1 Å². The van der Waals surface area contributed by atoms with Crippen LogP contribution in [-0.4, -0.2) is 64.3 Å². The van der Waals surface area contributed by atoms with Crippen molar-refractivity contribution in [2.75, 3.05) is 29.5 Å². The van der Waals surface area contributed by atoms with Gasteiger partial charge in [0.1, 0.15) is 34.7 Å². The molecular weight excluding hydrogens is 588 g/mol. The molecule has 1 aliphatic rings. The molecule has 1 saturated heterocycles. The van der Waals surface area contributed by atoms with Gasteiger partial charge < -0.3 is 29.5 Å². The largest absolute Gasteiger partial charge is 0.447 e. The number of aromatic nitrogens is 2. The van der Waals surface area contributed by atoms with Crippen LogP contribution in [0.25, 0.3) is 11.1 Å². The average Bonchev–Trinajstić information content (AvgIpc) is 3.60. The molecule has 0 aromatic carbocycles. The number of anilines is 3. The monoisotopic (exact) mass is 636 g/mol. The van der Waals surface area contributed by atoms with Gasteiger partial charge in [-0.1, -0.05) is 32.8 Å². The fraction of sp³-hybridized carbons (Fsp3) is 0.529. The minimum Gasteiger partial charge on any atom is -0.447 e. The van der Waals surface area contributed by atoms with Gasteiger partial charge in [-0.25, -0.2) is 14.8 Å². The number of carbonyl (C=O) groups excluding carboxylic acids is 4. The molecule has 0 bridgehead atoms. The summed E-state index contributed by atoms with van der Waals surface area (Å²) in [4.78, 5) is 57.5. The van der Waals surface area contributed by atoms with Crippen molar-refractivity contribution in [3.05, 3.63) is 41.8 Å². The molecule has 3 amide bonds. The highest BCUT2D eigenvalue weighted by Gasteiger charge is 2.27. The Bertz CT molecular complexity index is 1480. The molecule has 0 spiro atoms. The number of fused-ring (bicyclic) bond motifs is 1. The smallest absolute Gasteiger partial charge is 0.413 e. The van der Waals surface area contributed by atoms with E-state index < -0.39 is 17.6 Å². The number of rotatable bonds is 12. The number of aryl methyl sites for hydroxylation is 1. The number of likely N-dealkylation sites (tertiary alicyclic amines) is 1. The number of amides is 3. The number of nitrogens with one attached hydrogen (secondary N) is 3. The van der Waals surface area contributed by atoms with Crippen LogP contribution in [0, 0.1) is 12.8 Å². The lowest BCUT2D eigenvalue weighted by Gasteiger charge is -2.27. The van der Waals surface area contributed by atoms with Gasteiger partial charge in [0.05, 0.1) is 0 Å². The van der Waals surface area contributed by atoms with Crippen LogP contribution in [0.4, 0.5) is 22.1 Å². The molecule has 12 nitrogen and oxygen atoms in total. The van der Waals surface area contributed by atoms with Gasteiger partial charge in [-0.15, -0.1) is 0 Å². The highest BCUT2D eigenvalue weighted by Crippen LogP contribution is 2.31. The normalized spacial score (nSPS) is 14.2. The third-order valence-corrected chi connectivity index (χ3v) is 7.37. The van der Waals surface area contributed by atoms with Crippen molar-refractivity contribution >= 4 is 52.6 Å². The lowest BCUT2D eigenvalue weighted by atomic mass is 9.99. The van der Waals surface area contributed by atoms with E-state index >= 15 is 0 Å². The summed E-state index contributed by atoms with van der Waals surface area (Å²) in [5.41, 5.74) is 1.55. The van der Waals surface area contributed by atoms with Crippen molar-refractivity contribution in [3.8, 4) is 0 Å². The quantitative estimate of drug-likeness (QED) is 0.179. The third kappa shape index (κ3) is 10.6. The number of aldehydes is 1. The molecule has 2 atom stereocenters. The molecule has 3 aromatic heterocycles. The van der Waals surface area contributed by atoms with Crippen LogP contribution in [0.3, 0.4) is 0 Å². The second kappa shape index (κ2) is 16.7. The summed E-state index contributed by atoms with van der Waals surface area (Å²) >= 11 is 0. The number of hydrogen-bond acceptors (Lipinski definition) is 9. The summed E-state index contributed by atoms with van der Waals surface area (Å²) in [7, 11) is 1.65. The molecule has 46 heavy (non-hydrogen) atoms. The van der Waals surface area contributed by atoms with E-state index in [0.717, 1.165) is 63.3 Å². The Balaban J connectivity index is 0.000000289. The summed E-state index contributed by atoms with van der Waals surface area (Å²) in [6, 6.07) is 7.15. The molecule has 4 heterocycles. The van der Waals surface area contributed by atoms with Crippen molar-refractivity contribution in [1.29, 1.82) is 0 Å². The van der Waals surface area contributed by atoms with E-state index in [4.69, 9.17) is 9.15 Å². The van der Waals surface area contributed by atoms with E-state index in [1.807, 2.05) is 19.9 Å². The second-order valence-corrected chi connectivity index (χ2v) is 12.6. The molecule has 0 saturated carbocycles. The first-order chi connectivity index (χ1) is 21.8. The summed E-state index contributed by atoms with van der Waals surface area (Å²) in [6.07, 6.45) is 9.08. The summed E-state index contributed by atoms with van der Waals surface area (Å²) in [5.74, 6) is 0.759. The number of carbonyl (C=O) groups is 4. The maximum Gasteiger partial charge on any atom is 0.413 e. The highest BCUT2D eigenvalue weighted by molar-refractivity contribution is 6.10. The van der Waals surface area contributed by atoms with E-state index in [-0.39, 0.29) is 17.5 Å². The zero-order valence-corrected chi connectivity index (χ0v) is 28.1. The maximum absolute atomic E-state index is 12.7. The van der Waals surface area contributed by atoms with Gasteiger partial charge in [0, 0.05) is 38.2 Å². The third-order valence-electron chi connectivity index (χ3n) is 7.37. The van der Waals surface area contributed by atoms with Crippen molar-refractivity contribution in [2.45, 2.75) is 98.1 Å². The van der Waals surface area contributed by atoms with Crippen LogP contribution in [0.15, 0.2) is 34.9 Å². The number of pyridine rings is 2. The minimum atomic E-state index is -0.630. The van der Waals surface area contributed by atoms with Gasteiger partial charge in [0.25, 0.3) is 5.91 Å². The summed E-state index contributed by atoms with van der Waals surface area (Å²) < 4.78 is 10.9. The summed E-state index contributed by atoms with van der Waals surface area (Å²) in [5, 5.41) is 8.20. The molecule has 12 heteroatoms. The van der Waals surface area contributed by atoms with Gasteiger partial charge in [0.2, 0.25) is 11.7 Å². The Morgan fingerprint density at radius 3 is 2.43 bits per heavy atom. The molecule has 1 aliphatic heterocycles. The Morgan fingerprint density at radius 1 is 1.11 bits per heavy atom. The van der Waals surface area contributed by atoms with Crippen molar-refractivity contribution in [2.24, 2.45) is 5.92 Å². The SMILES string of the molecule is CCCC(CCC[C@H](C)C=O)N1CCCC1=O.CNc1c(C(=O)Nc2ccc(C)cn2)oc2ccc(NC(=O)OC(C)(C)C)nc12. The molecule has 3 aromatic rings. The van der Waals surface area contributed by atoms with E-state index in [1.165, 1.54) is 0 Å². The molecule has 250 valence electrons. The lowest BCUT2D eigenvalue weighted by Crippen LogP contribution is -2.36. The van der Waals surface area contributed by atoms with Gasteiger partial charge >= 0.3 is 6.09 Å². The zero-order chi connectivity index (χ0) is 33.9. The fourth-order valence-corrected chi connectivity index (χ4v) is 5.15. The zero-order valence-electron chi connectivity index (χ0n) is 28.1. The Kier molecular flexibility index (Phi) is 13.1. The number of hydrogen-bond donors (Lipinski definition) is 3. The summed E-state index contributed by atoms with van der Waals surface area (Å²) in [6.45, 7) is 12.3. The number of ether oxygens (including phenoxy) is 1. The first-order valence-electron chi connectivity index (χ1n) is 15.9. The molecule has 0 radical (unpaired) electrons. The Labute approximate surface area is 271 Å². The standard InChI is InChI=1S/C20H23N5O4.C14H25NO2/c1-11-6-8-13(22-10-11)24-18(26)17-16(21-5)15-12(28-17)7-9-14(23-15)25-19(27)29-20(2,3)4;1-3-6-13(8-4-7-12(2)11-16)15-10-5-9-14(15)17/h6-10,21H,1-5H3,(H,22,24,26)(H,23,25,27);11-13H,3-10H2,1-2H3/t;12-,13?/m.0/s1. The van der Waals surface area contributed by atoms with Crippen LogP contribution in [0.5, 0.6) is 0 Å². The van der Waals surface area contributed by atoms with Crippen molar-refractivity contribution < 1.29 is 28.3 Å².